The number of aromatic nitrogens is 1. The molecule has 126 valence electrons. The number of piperidine rings is 1. The van der Waals surface area contributed by atoms with Crippen LogP contribution in [-0.2, 0) is 14.8 Å². The Hall–Kier alpha value is -1.67. The average Bonchev–Trinajstić information content (AvgIpc) is 2.88. The van der Waals surface area contributed by atoms with E-state index in [0.717, 1.165) is 32.2 Å². The van der Waals surface area contributed by atoms with Gasteiger partial charge in [0.1, 0.15) is 16.8 Å². The molecule has 2 saturated heterocycles. The molecule has 3 heterocycles. The molecule has 1 atom stereocenters. The molecular formula is C15H22N4O3S. The van der Waals surface area contributed by atoms with Crippen molar-refractivity contribution >= 4 is 21.7 Å². The highest BCUT2D eigenvalue weighted by Gasteiger charge is 2.29. The van der Waals surface area contributed by atoms with Crippen LogP contribution in [0.2, 0.25) is 0 Å². The molecule has 0 radical (unpaired) electrons. The smallest absolute Gasteiger partial charge is 0.244 e. The third kappa shape index (κ3) is 3.32. The first-order chi connectivity index (χ1) is 11.0. The molecule has 0 saturated carbocycles. The number of amides is 1. The first-order valence-electron chi connectivity index (χ1n) is 7.96. The van der Waals surface area contributed by atoms with Crippen molar-refractivity contribution in [3.8, 4) is 0 Å². The normalized spacial score (nSPS) is 23.3. The van der Waals surface area contributed by atoms with Gasteiger partial charge in [-0.1, -0.05) is 6.42 Å². The van der Waals surface area contributed by atoms with E-state index in [1.165, 1.54) is 10.5 Å². The Bertz CT molecular complexity index is 668. The van der Waals surface area contributed by atoms with Crippen molar-refractivity contribution in [1.29, 1.82) is 0 Å². The van der Waals surface area contributed by atoms with Crippen molar-refractivity contribution in [2.24, 2.45) is 0 Å². The van der Waals surface area contributed by atoms with E-state index in [4.69, 9.17) is 0 Å². The summed E-state index contributed by atoms with van der Waals surface area (Å²) in [5.74, 6) is 0.563. The summed E-state index contributed by atoms with van der Waals surface area (Å²) in [5.41, 5.74) is 0. The number of rotatable bonds is 4. The van der Waals surface area contributed by atoms with E-state index in [1.54, 1.807) is 24.1 Å². The van der Waals surface area contributed by atoms with Crippen LogP contribution in [0.1, 0.15) is 25.7 Å². The van der Waals surface area contributed by atoms with Gasteiger partial charge in [-0.25, -0.2) is 13.4 Å². The summed E-state index contributed by atoms with van der Waals surface area (Å²) in [6, 6.07) is 2.90. The molecule has 1 unspecified atom stereocenters. The molecule has 0 bridgehead atoms. The Morgan fingerprint density at radius 3 is 2.48 bits per heavy atom. The SMILES string of the molecule is CN1CCC(Nc2ccc(S(=O)(=O)N3CCCCC3)cn2)C1=O. The van der Waals surface area contributed by atoms with E-state index in [9.17, 15) is 13.2 Å². The zero-order valence-corrected chi connectivity index (χ0v) is 14.1. The van der Waals surface area contributed by atoms with Crippen LogP contribution in [0.5, 0.6) is 0 Å². The summed E-state index contributed by atoms with van der Waals surface area (Å²) in [5, 5.41) is 3.07. The molecule has 23 heavy (non-hydrogen) atoms. The number of likely N-dealkylation sites (tertiary alicyclic amines) is 1. The fourth-order valence-corrected chi connectivity index (χ4v) is 4.47. The highest BCUT2D eigenvalue weighted by molar-refractivity contribution is 7.89. The molecule has 2 fully saturated rings. The maximum atomic E-state index is 12.5. The molecule has 8 heteroatoms. The van der Waals surface area contributed by atoms with E-state index >= 15 is 0 Å². The maximum absolute atomic E-state index is 12.5. The quantitative estimate of drug-likeness (QED) is 0.882. The molecule has 1 aromatic heterocycles. The standard InChI is InChI=1S/C15H22N4O3S/c1-18-10-7-13(15(18)20)17-14-6-5-12(11-16-14)23(21,22)19-8-3-2-4-9-19/h5-6,11,13H,2-4,7-10H2,1H3,(H,16,17). The summed E-state index contributed by atoms with van der Waals surface area (Å²) in [6.45, 7) is 1.87. The van der Waals surface area contributed by atoms with Gasteiger partial charge in [0.15, 0.2) is 0 Å². The molecule has 1 amide bonds. The van der Waals surface area contributed by atoms with E-state index < -0.39 is 10.0 Å². The lowest BCUT2D eigenvalue weighted by Gasteiger charge is -2.25. The lowest BCUT2D eigenvalue weighted by molar-refractivity contribution is -0.127. The first-order valence-corrected chi connectivity index (χ1v) is 9.40. The molecule has 1 aromatic rings. The number of anilines is 1. The zero-order chi connectivity index (χ0) is 16.4. The first kappa shape index (κ1) is 16.2. The number of nitrogens with zero attached hydrogens (tertiary/aromatic N) is 3. The van der Waals surface area contributed by atoms with Crippen molar-refractivity contribution in [2.75, 3.05) is 32.0 Å². The van der Waals surface area contributed by atoms with Gasteiger partial charge in [0.05, 0.1) is 0 Å². The van der Waals surface area contributed by atoms with Crippen LogP contribution in [-0.4, -0.2) is 61.2 Å². The van der Waals surface area contributed by atoms with Crippen LogP contribution >= 0.6 is 0 Å². The van der Waals surface area contributed by atoms with Crippen LogP contribution in [0.25, 0.3) is 0 Å². The van der Waals surface area contributed by atoms with Gasteiger partial charge in [-0.05, 0) is 31.4 Å². The van der Waals surface area contributed by atoms with Crippen LogP contribution < -0.4 is 5.32 Å². The second kappa shape index (κ2) is 6.45. The topological polar surface area (TPSA) is 82.6 Å². The van der Waals surface area contributed by atoms with E-state index in [1.807, 2.05) is 0 Å². The summed E-state index contributed by atoms with van der Waals surface area (Å²) in [4.78, 5) is 17.9. The lowest BCUT2D eigenvalue weighted by atomic mass is 10.2. The Morgan fingerprint density at radius 2 is 1.91 bits per heavy atom. The molecular weight excluding hydrogens is 316 g/mol. The highest BCUT2D eigenvalue weighted by atomic mass is 32.2. The fraction of sp³-hybridized carbons (Fsp3) is 0.600. The maximum Gasteiger partial charge on any atom is 0.244 e. The van der Waals surface area contributed by atoms with E-state index in [-0.39, 0.29) is 16.8 Å². The summed E-state index contributed by atoms with van der Waals surface area (Å²) in [7, 11) is -1.69. The van der Waals surface area contributed by atoms with Crippen LogP contribution in [0, 0.1) is 0 Å². The van der Waals surface area contributed by atoms with Crippen molar-refractivity contribution in [2.45, 2.75) is 36.6 Å². The minimum Gasteiger partial charge on any atom is -0.358 e. The fourth-order valence-electron chi connectivity index (χ4n) is 3.01. The summed E-state index contributed by atoms with van der Waals surface area (Å²) in [6.07, 6.45) is 4.99. The average molecular weight is 338 g/mol. The molecule has 2 aliphatic heterocycles. The largest absolute Gasteiger partial charge is 0.358 e. The number of sulfonamides is 1. The van der Waals surface area contributed by atoms with Gasteiger partial charge in [-0.2, -0.15) is 4.31 Å². The molecule has 3 rings (SSSR count). The number of hydrogen-bond donors (Lipinski definition) is 1. The zero-order valence-electron chi connectivity index (χ0n) is 13.2. The second-order valence-electron chi connectivity index (χ2n) is 6.09. The number of hydrogen-bond acceptors (Lipinski definition) is 5. The molecule has 7 nitrogen and oxygen atoms in total. The third-order valence-electron chi connectivity index (χ3n) is 4.44. The van der Waals surface area contributed by atoms with Crippen molar-refractivity contribution in [3.63, 3.8) is 0 Å². The van der Waals surface area contributed by atoms with E-state index in [2.05, 4.69) is 10.3 Å². The predicted octanol–water partition coefficient (Wildman–Crippen LogP) is 0.899. The monoisotopic (exact) mass is 338 g/mol. The Kier molecular flexibility index (Phi) is 4.54. The van der Waals surface area contributed by atoms with Crippen LogP contribution in [0.3, 0.4) is 0 Å². The molecule has 2 aliphatic rings. The number of nitrogens with one attached hydrogen (secondary N) is 1. The van der Waals surface area contributed by atoms with Crippen molar-refractivity contribution in [3.05, 3.63) is 18.3 Å². The molecule has 0 spiro atoms. The summed E-state index contributed by atoms with van der Waals surface area (Å²) < 4.78 is 26.6. The van der Waals surface area contributed by atoms with Crippen molar-refractivity contribution < 1.29 is 13.2 Å². The second-order valence-corrected chi connectivity index (χ2v) is 8.03. The van der Waals surface area contributed by atoms with Crippen molar-refractivity contribution in [1.82, 2.24) is 14.2 Å². The van der Waals surface area contributed by atoms with Gasteiger partial charge >= 0.3 is 0 Å². The Morgan fingerprint density at radius 1 is 1.17 bits per heavy atom. The minimum atomic E-state index is -3.46. The van der Waals surface area contributed by atoms with Gasteiger partial charge in [-0.3, -0.25) is 4.79 Å². The number of likely N-dealkylation sites (N-methyl/N-ethyl adjacent to an activating group) is 1. The van der Waals surface area contributed by atoms with Gasteiger partial charge < -0.3 is 10.2 Å². The van der Waals surface area contributed by atoms with Crippen LogP contribution in [0.15, 0.2) is 23.2 Å². The predicted molar refractivity (Wildman–Crippen MR) is 86.5 cm³/mol. The number of carbonyl (C=O) groups is 1. The molecule has 1 N–H and O–H groups in total. The lowest BCUT2D eigenvalue weighted by Crippen LogP contribution is -2.35. The van der Waals surface area contributed by atoms with Gasteiger partial charge in [0.25, 0.3) is 0 Å². The minimum absolute atomic E-state index is 0.0387. The van der Waals surface area contributed by atoms with E-state index in [0.29, 0.717) is 18.9 Å². The van der Waals surface area contributed by atoms with Gasteiger partial charge in [0, 0.05) is 32.9 Å². The van der Waals surface area contributed by atoms with Crippen LogP contribution in [0.4, 0.5) is 5.82 Å². The highest BCUT2D eigenvalue weighted by Crippen LogP contribution is 2.21. The Balaban J connectivity index is 1.70. The van der Waals surface area contributed by atoms with Gasteiger partial charge in [-0.15, -0.1) is 0 Å². The molecule has 0 aliphatic carbocycles. The number of carbonyl (C=O) groups excluding carboxylic acids is 1. The Labute approximate surface area is 136 Å². The molecule has 0 aromatic carbocycles. The third-order valence-corrected chi connectivity index (χ3v) is 6.32. The summed E-state index contributed by atoms with van der Waals surface area (Å²) >= 11 is 0. The number of pyridine rings is 1. The van der Waals surface area contributed by atoms with Gasteiger partial charge in [0.2, 0.25) is 15.9 Å².